The van der Waals surface area contributed by atoms with E-state index in [1.54, 1.807) is 16.8 Å². The molecule has 0 bridgehead atoms. The van der Waals surface area contributed by atoms with E-state index in [0.717, 1.165) is 16.6 Å². The number of benzene rings is 2. The molecule has 0 unspecified atom stereocenters. The summed E-state index contributed by atoms with van der Waals surface area (Å²) in [5, 5.41) is 21.7. The number of nitrogens with zero attached hydrogens (tertiary/aromatic N) is 4. The zero-order chi connectivity index (χ0) is 17.8. The first-order chi connectivity index (χ1) is 12.0. The Kier molecular flexibility index (Phi) is 5.44. The second kappa shape index (κ2) is 7.75. The molecule has 0 atom stereocenters. The zero-order valence-corrected chi connectivity index (χ0v) is 16.0. The number of phenols is 1. The number of phenolic OH excluding ortho intramolecular Hbond substituents is 1. The number of para-hydroxylation sites is 1. The van der Waals surface area contributed by atoms with Gasteiger partial charge in [-0.1, -0.05) is 17.3 Å². The maximum atomic E-state index is 11.9. The molecule has 128 valence electrons. The predicted molar refractivity (Wildman–Crippen MR) is 101 cm³/mol. The van der Waals surface area contributed by atoms with E-state index in [9.17, 15) is 9.90 Å². The highest BCUT2D eigenvalue weighted by molar-refractivity contribution is 9.11. The van der Waals surface area contributed by atoms with Crippen LogP contribution >= 0.6 is 31.9 Å². The normalized spacial score (nSPS) is 11.3. The van der Waals surface area contributed by atoms with Crippen LogP contribution in [0.2, 0.25) is 0 Å². The number of aryl methyl sites for hydroxylation is 1. The molecule has 25 heavy (non-hydrogen) atoms. The summed E-state index contributed by atoms with van der Waals surface area (Å²) in [5.74, 6) is -0.117. The second-order valence-corrected chi connectivity index (χ2v) is 6.89. The monoisotopic (exact) mass is 465 g/mol. The first-order valence-corrected chi connectivity index (χ1v) is 8.91. The van der Waals surface area contributed by atoms with Crippen molar-refractivity contribution < 1.29 is 9.90 Å². The molecule has 0 saturated carbocycles. The largest absolute Gasteiger partial charge is 0.506 e. The number of hydrogen-bond acceptors (Lipinski definition) is 5. The van der Waals surface area contributed by atoms with E-state index in [-0.39, 0.29) is 18.1 Å². The van der Waals surface area contributed by atoms with E-state index >= 15 is 0 Å². The van der Waals surface area contributed by atoms with Gasteiger partial charge in [-0.2, -0.15) is 5.10 Å². The minimum Gasteiger partial charge on any atom is -0.506 e. The molecule has 0 aliphatic carbocycles. The van der Waals surface area contributed by atoms with E-state index < -0.39 is 0 Å². The summed E-state index contributed by atoms with van der Waals surface area (Å²) < 4.78 is 2.76. The fourth-order valence-electron chi connectivity index (χ4n) is 2.18. The summed E-state index contributed by atoms with van der Waals surface area (Å²) in [7, 11) is 0. The minimum absolute atomic E-state index is 0.112. The van der Waals surface area contributed by atoms with Crippen LogP contribution in [0.3, 0.4) is 0 Å². The number of hydrazone groups is 1. The average molecular weight is 467 g/mol. The third-order valence-electron chi connectivity index (χ3n) is 3.41. The van der Waals surface area contributed by atoms with Crippen LogP contribution in [0.25, 0.3) is 11.0 Å². The number of hydrogen-bond donors (Lipinski definition) is 2. The minimum atomic E-state index is -0.229. The van der Waals surface area contributed by atoms with Crippen LogP contribution in [0.4, 0.5) is 0 Å². The van der Waals surface area contributed by atoms with Crippen molar-refractivity contribution in [2.45, 2.75) is 13.0 Å². The quantitative estimate of drug-likeness (QED) is 0.446. The maximum absolute atomic E-state index is 11.9. The first-order valence-electron chi connectivity index (χ1n) is 7.33. The Morgan fingerprint density at radius 1 is 1.28 bits per heavy atom. The molecule has 0 radical (unpaired) electrons. The van der Waals surface area contributed by atoms with Crippen molar-refractivity contribution in [2.75, 3.05) is 0 Å². The van der Waals surface area contributed by atoms with Gasteiger partial charge in [-0.15, -0.1) is 5.10 Å². The van der Waals surface area contributed by atoms with Gasteiger partial charge in [-0.05, 0) is 61.7 Å². The van der Waals surface area contributed by atoms with Gasteiger partial charge in [-0.3, -0.25) is 4.79 Å². The smallest absolute Gasteiger partial charge is 0.241 e. The summed E-state index contributed by atoms with van der Waals surface area (Å²) in [4.78, 5) is 11.9. The molecule has 7 nitrogen and oxygen atoms in total. The van der Waals surface area contributed by atoms with Crippen molar-refractivity contribution >= 4 is 55.0 Å². The summed E-state index contributed by atoms with van der Waals surface area (Å²) in [6, 6.07) is 11.0. The topological polar surface area (TPSA) is 92.4 Å². The second-order valence-electron chi connectivity index (χ2n) is 5.18. The Morgan fingerprint density at radius 2 is 2.00 bits per heavy atom. The molecule has 3 aromatic rings. The van der Waals surface area contributed by atoms with Crippen molar-refractivity contribution in [1.29, 1.82) is 0 Å². The Morgan fingerprint density at radius 3 is 2.76 bits per heavy atom. The first kappa shape index (κ1) is 17.6. The highest BCUT2D eigenvalue weighted by atomic mass is 79.9. The van der Waals surface area contributed by atoms with Crippen LogP contribution < -0.4 is 5.43 Å². The summed E-state index contributed by atoms with van der Waals surface area (Å²) in [6.07, 6.45) is 1.73. The molecular formula is C16H13Br2N5O2. The number of carbonyl (C=O) groups is 1. The lowest BCUT2D eigenvalue weighted by atomic mass is 10.2. The van der Waals surface area contributed by atoms with Crippen LogP contribution in [0.15, 0.2) is 50.4 Å². The van der Waals surface area contributed by atoms with Crippen LogP contribution in [0.1, 0.15) is 12.0 Å². The molecule has 2 N–H and O–H groups in total. The number of halogens is 2. The lowest BCUT2D eigenvalue weighted by Gasteiger charge is -2.03. The highest BCUT2D eigenvalue weighted by Crippen LogP contribution is 2.32. The van der Waals surface area contributed by atoms with Crippen molar-refractivity contribution in [3.63, 3.8) is 0 Å². The standard InChI is InChI=1S/C16H13Br2N5O2/c17-11-7-10(8-12(18)16(11)25)9-19-21-15(24)5-6-23-14-4-2-1-3-13(14)20-22-23/h1-4,7-9,25H,5-6H2,(H,21,24)/b19-9-. The lowest BCUT2D eigenvalue weighted by Crippen LogP contribution is -2.19. The zero-order valence-electron chi connectivity index (χ0n) is 12.9. The van der Waals surface area contributed by atoms with Gasteiger partial charge >= 0.3 is 0 Å². The molecular weight excluding hydrogens is 454 g/mol. The molecule has 1 amide bonds. The van der Waals surface area contributed by atoms with Crippen LogP contribution in [-0.2, 0) is 11.3 Å². The highest BCUT2D eigenvalue weighted by Gasteiger charge is 2.07. The van der Waals surface area contributed by atoms with Gasteiger partial charge in [-0.25, -0.2) is 10.1 Å². The fraction of sp³-hybridized carbons (Fsp3) is 0.125. The lowest BCUT2D eigenvalue weighted by molar-refractivity contribution is -0.121. The van der Waals surface area contributed by atoms with E-state index in [1.807, 2.05) is 24.3 Å². The maximum Gasteiger partial charge on any atom is 0.241 e. The predicted octanol–water partition coefficient (Wildman–Crippen LogP) is 3.20. The third kappa shape index (κ3) is 4.23. The van der Waals surface area contributed by atoms with Crippen molar-refractivity contribution in [2.24, 2.45) is 5.10 Å². The average Bonchev–Trinajstić information content (AvgIpc) is 3.01. The summed E-state index contributed by atoms with van der Waals surface area (Å²) in [6.45, 7) is 0.415. The fourth-order valence-corrected chi connectivity index (χ4v) is 3.41. The van der Waals surface area contributed by atoms with Gasteiger partial charge < -0.3 is 5.11 Å². The van der Waals surface area contributed by atoms with E-state index in [0.29, 0.717) is 15.5 Å². The molecule has 1 heterocycles. The SMILES string of the molecule is O=C(CCn1nnc2ccccc21)N/N=C\c1cc(Br)c(O)c(Br)c1. The van der Waals surface area contributed by atoms with Gasteiger partial charge in [0.25, 0.3) is 0 Å². The van der Waals surface area contributed by atoms with Gasteiger partial charge in [0, 0.05) is 6.42 Å². The van der Waals surface area contributed by atoms with Crippen molar-refractivity contribution in [3.05, 3.63) is 50.9 Å². The third-order valence-corrected chi connectivity index (χ3v) is 4.62. The molecule has 9 heteroatoms. The number of fused-ring (bicyclic) bond motifs is 1. The number of aromatic hydroxyl groups is 1. The van der Waals surface area contributed by atoms with Gasteiger partial charge in [0.2, 0.25) is 5.91 Å². The van der Waals surface area contributed by atoms with Crippen LogP contribution in [0, 0.1) is 0 Å². The van der Waals surface area contributed by atoms with Gasteiger partial charge in [0.15, 0.2) is 0 Å². The van der Waals surface area contributed by atoms with E-state index in [4.69, 9.17) is 0 Å². The van der Waals surface area contributed by atoms with E-state index in [1.165, 1.54) is 6.21 Å². The van der Waals surface area contributed by atoms with Crippen LogP contribution in [-0.4, -0.2) is 32.2 Å². The van der Waals surface area contributed by atoms with Crippen molar-refractivity contribution in [1.82, 2.24) is 20.4 Å². The Balaban J connectivity index is 1.56. The Labute approximate surface area is 160 Å². The van der Waals surface area contributed by atoms with Gasteiger partial charge in [0.05, 0.1) is 27.2 Å². The number of rotatable bonds is 5. The molecule has 2 aromatic carbocycles. The van der Waals surface area contributed by atoms with Gasteiger partial charge in [0.1, 0.15) is 11.3 Å². The van der Waals surface area contributed by atoms with Crippen LogP contribution in [0.5, 0.6) is 5.75 Å². The summed E-state index contributed by atoms with van der Waals surface area (Å²) >= 11 is 6.48. The molecule has 3 rings (SSSR count). The molecule has 0 aliphatic rings. The molecule has 0 fully saturated rings. The number of carbonyl (C=O) groups excluding carboxylic acids is 1. The number of amides is 1. The molecule has 0 aliphatic heterocycles. The van der Waals surface area contributed by atoms with E-state index in [2.05, 4.69) is 52.7 Å². The Bertz CT molecular complexity index is 932. The molecule has 0 spiro atoms. The summed E-state index contributed by atoms with van der Waals surface area (Å²) in [5.41, 5.74) is 4.87. The number of nitrogens with one attached hydrogen (secondary N) is 1. The Hall–Kier alpha value is -2.26. The van der Waals surface area contributed by atoms with Crippen molar-refractivity contribution in [3.8, 4) is 5.75 Å². The molecule has 0 saturated heterocycles. The molecule has 1 aromatic heterocycles. The number of aromatic nitrogens is 3.